The van der Waals surface area contributed by atoms with Crippen LogP contribution in [0, 0.1) is 0 Å². The van der Waals surface area contributed by atoms with E-state index in [1.54, 1.807) is 41.3 Å². The first kappa shape index (κ1) is 20.8. The Balaban J connectivity index is 1.57. The molecule has 2 atom stereocenters. The van der Waals surface area contributed by atoms with Crippen LogP contribution in [0.5, 0.6) is 5.75 Å². The lowest BCUT2D eigenvalue weighted by Crippen LogP contribution is -2.41. The van der Waals surface area contributed by atoms with E-state index in [1.165, 1.54) is 22.9 Å². The number of aromatic nitrogens is 2. The Labute approximate surface area is 186 Å². The fourth-order valence-electron chi connectivity index (χ4n) is 4.14. The van der Waals surface area contributed by atoms with Crippen LogP contribution >= 0.6 is 11.6 Å². The van der Waals surface area contributed by atoms with Gasteiger partial charge in [-0.25, -0.2) is 4.68 Å². The number of ether oxygens (including phenoxy) is 2. The number of morpholine rings is 1. The molecule has 10 heteroatoms. The molecule has 0 N–H and O–H groups in total. The van der Waals surface area contributed by atoms with Crippen LogP contribution in [-0.4, -0.2) is 52.2 Å². The molecule has 166 valence electrons. The third kappa shape index (κ3) is 4.05. The van der Waals surface area contributed by atoms with Gasteiger partial charge in [-0.1, -0.05) is 29.8 Å². The van der Waals surface area contributed by atoms with Gasteiger partial charge in [-0.15, -0.1) is 13.2 Å². The van der Waals surface area contributed by atoms with Crippen LogP contribution in [0.25, 0.3) is 16.9 Å². The summed E-state index contributed by atoms with van der Waals surface area (Å²) in [6, 6.07) is 14.0. The quantitative estimate of drug-likeness (QED) is 0.562. The number of rotatable bonds is 4. The second kappa shape index (κ2) is 7.83. The Bertz CT molecular complexity index is 1180. The molecular weight excluding hydrogens is 447 g/mol. The molecule has 0 saturated carbocycles. The molecule has 6 nitrogen and oxygen atoms in total. The molecule has 5 rings (SSSR count). The number of carbonyl (C=O) groups is 1. The Morgan fingerprint density at radius 2 is 1.97 bits per heavy atom. The van der Waals surface area contributed by atoms with Crippen molar-refractivity contribution in [3.8, 4) is 22.7 Å². The standard InChI is InChI=1S/C22H17ClF3N3O3/c23-14-4-2-5-15(8-14)29-20(13-3-1-6-17(7-13)32-22(24,25)26)10-19(27-29)21(30)28-11-18-9-16(28)12-31-18/h1-8,10,16,18H,9,11-12H2/t16-,18-/m1/s1. The molecule has 2 fully saturated rings. The fourth-order valence-corrected chi connectivity index (χ4v) is 4.33. The summed E-state index contributed by atoms with van der Waals surface area (Å²) in [6.07, 6.45) is -3.98. The summed E-state index contributed by atoms with van der Waals surface area (Å²) in [6.45, 7) is 0.993. The topological polar surface area (TPSA) is 56.6 Å². The van der Waals surface area contributed by atoms with Crippen molar-refractivity contribution in [1.82, 2.24) is 14.7 Å². The highest BCUT2D eigenvalue weighted by Gasteiger charge is 2.42. The van der Waals surface area contributed by atoms with Gasteiger partial charge in [0.25, 0.3) is 5.91 Å². The number of likely N-dealkylation sites (tertiary alicyclic amines) is 1. The smallest absolute Gasteiger partial charge is 0.406 e. The predicted molar refractivity (Wildman–Crippen MR) is 110 cm³/mol. The van der Waals surface area contributed by atoms with E-state index < -0.39 is 6.36 Å². The van der Waals surface area contributed by atoms with Crippen molar-refractivity contribution >= 4 is 17.5 Å². The SMILES string of the molecule is O=C(c1cc(-c2cccc(OC(F)(F)F)c2)n(-c2cccc(Cl)c2)n1)N1C[C@H]2C[C@@H]1CO2. The van der Waals surface area contributed by atoms with E-state index >= 15 is 0 Å². The number of halogens is 4. The van der Waals surface area contributed by atoms with E-state index in [0.29, 0.717) is 35.1 Å². The van der Waals surface area contributed by atoms with Gasteiger partial charge in [-0.2, -0.15) is 5.10 Å². The summed E-state index contributed by atoms with van der Waals surface area (Å²) >= 11 is 6.13. The lowest BCUT2D eigenvalue weighted by molar-refractivity contribution is -0.274. The van der Waals surface area contributed by atoms with Gasteiger partial charge in [-0.3, -0.25) is 4.79 Å². The van der Waals surface area contributed by atoms with Gasteiger partial charge >= 0.3 is 6.36 Å². The van der Waals surface area contributed by atoms with E-state index in [4.69, 9.17) is 16.3 Å². The summed E-state index contributed by atoms with van der Waals surface area (Å²) in [7, 11) is 0. The van der Waals surface area contributed by atoms with Gasteiger partial charge in [0.1, 0.15) is 5.75 Å². The molecule has 1 amide bonds. The number of hydrogen-bond acceptors (Lipinski definition) is 4. The summed E-state index contributed by atoms with van der Waals surface area (Å²) in [5, 5.41) is 4.95. The fraction of sp³-hybridized carbons (Fsp3) is 0.273. The Morgan fingerprint density at radius 1 is 1.16 bits per heavy atom. The number of nitrogens with zero attached hydrogens (tertiary/aromatic N) is 3. The molecule has 3 heterocycles. The first-order valence-corrected chi connectivity index (χ1v) is 10.3. The number of fused-ring (bicyclic) bond motifs is 2. The van der Waals surface area contributed by atoms with Gasteiger partial charge in [0.2, 0.25) is 0 Å². The molecule has 2 bridgehead atoms. The maximum absolute atomic E-state index is 13.2. The second-order valence-electron chi connectivity index (χ2n) is 7.68. The van der Waals surface area contributed by atoms with E-state index in [0.717, 1.165) is 6.42 Å². The van der Waals surface area contributed by atoms with Gasteiger partial charge in [0.05, 0.1) is 30.1 Å². The van der Waals surface area contributed by atoms with Crippen LogP contribution in [0.2, 0.25) is 5.02 Å². The zero-order valence-electron chi connectivity index (χ0n) is 16.6. The normalized spacial score (nSPS) is 20.1. The van der Waals surface area contributed by atoms with Crippen molar-refractivity contribution in [2.24, 2.45) is 0 Å². The van der Waals surface area contributed by atoms with Crippen LogP contribution in [0.3, 0.4) is 0 Å². The minimum atomic E-state index is -4.82. The molecule has 2 saturated heterocycles. The van der Waals surface area contributed by atoms with Gasteiger partial charge < -0.3 is 14.4 Å². The van der Waals surface area contributed by atoms with Crippen molar-refractivity contribution in [3.63, 3.8) is 0 Å². The van der Waals surface area contributed by atoms with Crippen LogP contribution in [0.4, 0.5) is 13.2 Å². The van der Waals surface area contributed by atoms with Crippen LogP contribution in [0.1, 0.15) is 16.9 Å². The average Bonchev–Trinajstić information content (AvgIpc) is 3.48. The van der Waals surface area contributed by atoms with Crippen molar-refractivity contribution in [2.75, 3.05) is 13.2 Å². The number of amides is 1. The minimum absolute atomic E-state index is 0.00998. The highest BCUT2D eigenvalue weighted by atomic mass is 35.5. The highest BCUT2D eigenvalue weighted by Crippen LogP contribution is 2.33. The van der Waals surface area contributed by atoms with Crippen LogP contribution in [0.15, 0.2) is 54.6 Å². The molecule has 0 aliphatic carbocycles. The molecule has 32 heavy (non-hydrogen) atoms. The summed E-state index contributed by atoms with van der Waals surface area (Å²) in [5.41, 5.74) is 1.60. The van der Waals surface area contributed by atoms with E-state index in [-0.39, 0.29) is 29.5 Å². The molecule has 0 spiro atoms. The van der Waals surface area contributed by atoms with E-state index in [9.17, 15) is 18.0 Å². The lowest BCUT2D eigenvalue weighted by Gasteiger charge is -2.25. The van der Waals surface area contributed by atoms with Crippen molar-refractivity contribution in [1.29, 1.82) is 0 Å². The van der Waals surface area contributed by atoms with E-state index in [1.807, 2.05) is 0 Å². The van der Waals surface area contributed by atoms with Gasteiger partial charge in [-0.05, 0) is 42.8 Å². The Kier molecular flexibility index (Phi) is 5.10. The van der Waals surface area contributed by atoms with Crippen molar-refractivity contribution in [2.45, 2.75) is 24.9 Å². The lowest BCUT2D eigenvalue weighted by atomic mass is 10.1. The maximum Gasteiger partial charge on any atom is 0.573 e. The average molecular weight is 464 g/mol. The largest absolute Gasteiger partial charge is 0.573 e. The van der Waals surface area contributed by atoms with Crippen molar-refractivity contribution < 1.29 is 27.4 Å². The van der Waals surface area contributed by atoms with Crippen LogP contribution in [-0.2, 0) is 4.74 Å². The monoisotopic (exact) mass is 463 g/mol. The van der Waals surface area contributed by atoms with Gasteiger partial charge in [0, 0.05) is 17.1 Å². The molecule has 2 aromatic carbocycles. The van der Waals surface area contributed by atoms with Crippen molar-refractivity contribution in [3.05, 3.63) is 65.3 Å². The summed E-state index contributed by atoms with van der Waals surface area (Å²) in [5.74, 6) is -0.610. The number of hydrogen-bond donors (Lipinski definition) is 0. The molecule has 0 radical (unpaired) electrons. The zero-order valence-corrected chi connectivity index (χ0v) is 17.3. The highest BCUT2D eigenvalue weighted by molar-refractivity contribution is 6.30. The number of alkyl halides is 3. The molecule has 2 aliphatic rings. The Hall–Kier alpha value is -3.04. The number of benzene rings is 2. The predicted octanol–water partition coefficient (Wildman–Crippen LogP) is 4.70. The number of carbonyl (C=O) groups excluding carboxylic acids is 1. The zero-order chi connectivity index (χ0) is 22.5. The minimum Gasteiger partial charge on any atom is -0.406 e. The van der Waals surface area contributed by atoms with E-state index in [2.05, 4.69) is 9.84 Å². The third-order valence-electron chi connectivity index (χ3n) is 5.51. The van der Waals surface area contributed by atoms with Gasteiger partial charge in [0.15, 0.2) is 5.69 Å². The first-order valence-electron chi connectivity index (χ1n) is 9.91. The molecular formula is C22H17ClF3N3O3. The molecule has 0 unspecified atom stereocenters. The Morgan fingerprint density at radius 3 is 2.66 bits per heavy atom. The first-order chi connectivity index (χ1) is 15.3. The molecule has 2 aliphatic heterocycles. The van der Waals surface area contributed by atoms with Crippen LogP contribution < -0.4 is 4.74 Å². The molecule has 3 aromatic rings. The summed E-state index contributed by atoms with van der Waals surface area (Å²) in [4.78, 5) is 14.9. The third-order valence-corrected chi connectivity index (χ3v) is 5.74. The summed E-state index contributed by atoms with van der Waals surface area (Å²) < 4.78 is 49.2. The second-order valence-corrected chi connectivity index (χ2v) is 8.12. The maximum atomic E-state index is 13.2. The molecule has 1 aromatic heterocycles.